The fraction of sp³-hybridized carbons (Fsp3) is 0.333. The van der Waals surface area contributed by atoms with E-state index in [1.165, 1.54) is 23.3 Å². The normalized spacial score (nSPS) is 14.6. The highest BCUT2D eigenvalue weighted by atomic mass is 32.2. The Morgan fingerprint density at radius 1 is 1.27 bits per heavy atom. The van der Waals surface area contributed by atoms with Crippen molar-refractivity contribution in [1.29, 1.82) is 0 Å². The van der Waals surface area contributed by atoms with E-state index >= 15 is 0 Å². The molecule has 1 aromatic carbocycles. The molecule has 22 heavy (non-hydrogen) atoms. The highest BCUT2D eigenvalue weighted by Gasteiger charge is 2.30. The predicted molar refractivity (Wildman–Crippen MR) is 92.4 cm³/mol. The van der Waals surface area contributed by atoms with Crippen molar-refractivity contribution in [3.8, 4) is 11.4 Å². The van der Waals surface area contributed by atoms with Gasteiger partial charge in [-0.3, -0.25) is 0 Å². The van der Waals surface area contributed by atoms with E-state index in [0.29, 0.717) is 6.04 Å². The number of aryl methyl sites for hydroxylation is 1. The minimum absolute atomic E-state index is 0.565. The summed E-state index contributed by atoms with van der Waals surface area (Å²) in [6, 6.07) is 11.3. The number of rotatable bonds is 4. The largest absolute Gasteiger partial charge is 0.306 e. The molecule has 3 aromatic rings. The Hall–Kier alpha value is -1.81. The maximum Gasteiger partial charge on any atom is 0.160 e. The molecule has 0 bridgehead atoms. The number of pyridine rings is 1. The van der Waals surface area contributed by atoms with E-state index in [-0.39, 0.29) is 0 Å². The number of hydrogen-bond acceptors (Lipinski definition) is 3. The Bertz CT molecular complexity index is 833. The van der Waals surface area contributed by atoms with Crippen molar-refractivity contribution >= 4 is 22.9 Å². The van der Waals surface area contributed by atoms with E-state index in [4.69, 9.17) is 4.98 Å². The molecule has 0 saturated heterocycles. The van der Waals surface area contributed by atoms with Crippen molar-refractivity contribution in [3.63, 3.8) is 0 Å². The van der Waals surface area contributed by atoms with Crippen molar-refractivity contribution in [1.82, 2.24) is 14.5 Å². The molecule has 112 valence electrons. The van der Waals surface area contributed by atoms with Gasteiger partial charge in [0.1, 0.15) is 11.3 Å². The molecule has 1 aliphatic rings. The zero-order valence-corrected chi connectivity index (χ0v) is 13.7. The van der Waals surface area contributed by atoms with Crippen molar-refractivity contribution in [2.24, 2.45) is 0 Å². The van der Waals surface area contributed by atoms with Crippen LogP contribution in [0.25, 0.3) is 22.6 Å². The lowest BCUT2D eigenvalue weighted by atomic mass is 10.2. The minimum Gasteiger partial charge on any atom is -0.306 e. The summed E-state index contributed by atoms with van der Waals surface area (Å²) in [5.74, 6) is 2.14. The summed E-state index contributed by atoms with van der Waals surface area (Å²) in [7, 11) is 0. The molecule has 1 aliphatic carbocycles. The summed E-state index contributed by atoms with van der Waals surface area (Å²) in [4.78, 5) is 10.9. The van der Waals surface area contributed by atoms with Crippen molar-refractivity contribution < 1.29 is 0 Å². The van der Waals surface area contributed by atoms with Gasteiger partial charge in [-0.2, -0.15) is 0 Å². The van der Waals surface area contributed by atoms with Crippen molar-refractivity contribution in [3.05, 3.63) is 42.1 Å². The van der Waals surface area contributed by atoms with E-state index in [2.05, 4.69) is 53.7 Å². The molecule has 0 radical (unpaired) electrons. The Labute approximate surface area is 134 Å². The Morgan fingerprint density at radius 3 is 2.86 bits per heavy atom. The first kappa shape index (κ1) is 13.8. The quantitative estimate of drug-likeness (QED) is 0.645. The fourth-order valence-corrected chi connectivity index (χ4v) is 3.68. The molecule has 2 aromatic heterocycles. The Morgan fingerprint density at radius 2 is 2.09 bits per heavy atom. The third-order valence-corrected chi connectivity index (χ3v) is 4.96. The molecule has 0 N–H and O–H groups in total. The Balaban J connectivity index is 1.96. The maximum absolute atomic E-state index is 4.94. The average molecular weight is 309 g/mol. The van der Waals surface area contributed by atoms with Crippen LogP contribution in [-0.4, -0.2) is 20.3 Å². The molecule has 0 spiro atoms. The van der Waals surface area contributed by atoms with Crippen LogP contribution in [0.4, 0.5) is 0 Å². The lowest BCUT2D eigenvalue weighted by Crippen LogP contribution is -1.99. The number of nitrogens with zero attached hydrogens (tertiary/aromatic N) is 3. The van der Waals surface area contributed by atoms with Gasteiger partial charge >= 0.3 is 0 Å². The van der Waals surface area contributed by atoms with E-state index in [9.17, 15) is 0 Å². The maximum atomic E-state index is 4.94. The van der Waals surface area contributed by atoms with E-state index in [0.717, 1.165) is 28.3 Å². The summed E-state index contributed by atoms with van der Waals surface area (Å²) >= 11 is 1.88. The molecule has 4 rings (SSSR count). The third kappa shape index (κ3) is 2.31. The lowest BCUT2D eigenvalue weighted by molar-refractivity contribution is 0.765. The molecule has 2 heterocycles. The van der Waals surface area contributed by atoms with Crippen LogP contribution in [0.15, 0.2) is 41.4 Å². The van der Waals surface area contributed by atoms with E-state index < -0.39 is 0 Å². The van der Waals surface area contributed by atoms with Gasteiger partial charge in [-0.15, -0.1) is 11.8 Å². The second-order valence-corrected chi connectivity index (χ2v) is 7.13. The summed E-state index contributed by atoms with van der Waals surface area (Å²) in [6.07, 6.45) is 4.41. The van der Waals surface area contributed by atoms with Gasteiger partial charge < -0.3 is 4.57 Å². The van der Waals surface area contributed by atoms with Gasteiger partial charge in [-0.25, -0.2) is 9.97 Å². The molecule has 0 aliphatic heterocycles. The molecule has 1 saturated carbocycles. The molecular formula is C18H19N3S. The van der Waals surface area contributed by atoms with Crippen LogP contribution in [0.3, 0.4) is 0 Å². The number of fused-ring (bicyclic) bond motifs is 1. The second kappa shape index (κ2) is 5.43. The summed E-state index contributed by atoms with van der Waals surface area (Å²) in [5.41, 5.74) is 4.44. The number of hydrogen-bond donors (Lipinski definition) is 0. The molecular weight excluding hydrogens is 290 g/mol. The van der Waals surface area contributed by atoms with Gasteiger partial charge in [0.15, 0.2) is 5.65 Å². The minimum atomic E-state index is 0.565. The highest BCUT2D eigenvalue weighted by Crippen LogP contribution is 2.42. The zero-order chi connectivity index (χ0) is 15.1. The van der Waals surface area contributed by atoms with E-state index in [1.54, 1.807) is 0 Å². The van der Waals surface area contributed by atoms with Crippen molar-refractivity contribution in [2.75, 3.05) is 5.75 Å². The van der Waals surface area contributed by atoms with Crippen LogP contribution >= 0.6 is 11.8 Å². The summed E-state index contributed by atoms with van der Waals surface area (Å²) in [5, 5.41) is 0. The number of thioether (sulfide) groups is 1. The summed E-state index contributed by atoms with van der Waals surface area (Å²) < 4.78 is 2.35. The SMILES string of the molecule is CCSc1ccccc1-c1nc2cc(C)cnc2n1C1CC1. The fourth-order valence-electron chi connectivity index (χ4n) is 2.88. The van der Waals surface area contributed by atoms with Gasteiger partial charge in [0.25, 0.3) is 0 Å². The molecule has 0 amide bonds. The first-order valence-electron chi connectivity index (χ1n) is 7.84. The lowest BCUT2D eigenvalue weighted by Gasteiger charge is -2.10. The standard InChI is InChI=1S/C18H19N3S/c1-3-22-16-7-5-4-6-14(16)17-20-15-10-12(2)11-19-18(15)21(17)13-8-9-13/h4-7,10-11,13H,3,8-9H2,1-2H3. The molecule has 3 nitrogen and oxygen atoms in total. The van der Waals surface area contributed by atoms with E-state index in [1.807, 2.05) is 18.0 Å². The molecule has 0 unspecified atom stereocenters. The number of aromatic nitrogens is 3. The monoisotopic (exact) mass is 309 g/mol. The van der Waals surface area contributed by atoms with Crippen LogP contribution in [0, 0.1) is 6.92 Å². The molecule has 1 fully saturated rings. The van der Waals surface area contributed by atoms with Gasteiger partial charge in [-0.1, -0.05) is 25.1 Å². The average Bonchev–Trinajstić information content (AvgIpc) is 3.29. The Kier molecular flexibility index (Phi) is 3.41. The third-order valence-electron chi connectivity index (χ3n) is 4.01. The van der Waals surface area contributed by atoms with Gasteiger partial charge in [0, 0.05) is 22.7 Å². The van der Waals surface area contributed by atoms with Crippen LogP contribution in [0.5, 0.6) is 0 Å². The first-order chi connectivity index (χ1) is 10.8. The van der Waals surface area contributed by atoms with Gasteiger partial charge in [-0.05, 0) is 43.2 Å². The van der Waals surface area contributed by atoms with Crippen LogP contribution in [-0.2, 0) is 0 Å². The van der Waals surface area contributed by atoms with Crippen molar-refractivity contribution in [2.45, 2.75) is 37.6 Å². The predicted octanol–water partition coefficient (Wildman–Crippen LogP) is 4.85. The highest BCUT2D eigenvalue weighted by molar-refractivity contribution is 7.99. The molecule has 4 heteroatoms. The number of benzene rings is 1. The van der Waals surface area contributed by atoms with Crippen LogP contribution < -0.4 is 0 Å². The second-order valence-electron chi connectivity index (χ2n) is 5.82. The topological polar surface area (TPSA) is 30.7 Å². The van der Waals surface area contributed by atoms with Crippen LogP contribution in [0.1, 0.15) is 31.4 Å². The first-order valence-corrected chi connectivity index (χ1v) is 8.83. The van der Waals surface area contributed by atoms with Gasteiger partial charge in [0.05, 0.1) is 0 Å². The van der Waals surface area contributed by atoms with Crippen LogP contribution in [0.2, 0.25) is 0 Å². The number of imidazole rings is 1. The molecule has 0 atom stereocenters. The van der Waals surface area contributed by atoms with Gasteiger partial charge in [0.2, 0.25) is 0 Å². The smallest absolute Gasteiger partial charge is 0.160 e. The zero-order valence-electron chi connectivity index (χ0n) is 12.9. The summed E-state index contributed by atoms with van der Waals surface area (Å²) in [6.45, 7) is 4.26.